The molecule has 1 fully saturated rings. The molecule has 1 aliphatic rings. The van der Waals surface area contributed by atoms with Crippen LogP contribution >= 0.6 is 11.3 Å². The van der Waals surface area contributed by atoms with Crippen molar-refractivity contribution in [1.29, 1.82) is 0 Å². The summed E-state index contributed by atoms with van der Waals surface area (Å²) in [6, 6.07) is 1.62. The van der Waals surface area contributed by atoms with Gasteiger partial charge in [-0.15, -0.1) is 11.3 Å². The fraction of sp³-hybridized carbons (Fsp3) is 0.500. The largest absolute Gasteiger partial charge is 0.329 e. The number of nitrogens with zero attached hydrogens (tertiary/aromatic N) is 1. The predicted molar refractivity (Wildman–Crippen MR) is 70.2 cm³/mol. The van der Waals surface area contributed by atoms with Gasteiger partial charge in [0.15, 0.2) is 0 Å². The summed E-state index contributed by atoms with van der Waals surface area (Å²) in [4.78, 5) is 26.2. The Balaban J connectivity index is 2.29. The number of carbonyl (C=O) groups excluding carboxylic acids is 2. The maximum absolute atomic E-state index is 11.7. The number of nitrogens with two attached hydrogens (primary N) is 1. The van der Waals surface area contributed by atoms with E-state index in [1.165, 1.54) is 0 Å². The lowest BCUT2D eigenvalue weighted by Gasteiger charge is -2.37. The molecule has 1 saturated heterocycles. The molecule has 98 valence electrons. The van der Waals surface area contributed by atoms with Crippen molar-refractivity contribution in [2.24, 2.45) is 5.73 Å². The molecule has 2 heterocycles. The summed E-state index contributed by atoms with van der Waals surface area (Å²) in [5, 5.41) is 4.34. The number of thiophene rings is 1. The van der Waals surface area contributed by atoms with Gasteiger partial charge < -0.3 is 5.73 Å². The van der Waals surface area contributed by atoms with Crippen LogP contribution in [0.5, 0.6) is 0 Å². The van der Waals surface area contributed by atoms with Gasteiger partial charge in [-0.2, -0.15) is 0 Å². The van der Waals surface area contributed by atoms with Gasteiger partial charge in [-0.1, -0.05) is 0 Å². The highest BCUT2D eigenvalue weighted by Crippen LogP contribution is 2.30. The number of carbonyl (C=O) groups is 2. The van der Waals surface area contributed by atoms with Crippen LogP contribution < -0.4 is 11.1 Å². The molecule has 6 heteroatoms. The van der Waals surface area contributed by atoms with Crippen molar-refractivity contribution in [2.45, 2.75) is 25.9 Å². The number of nitrogens with one attached hydrogen (secondary N) is 1. The molecule has 2 atom stereocenters. The fourth-order valence-electron chi connectivity index (χ4n) is 2.23. The molecule has 0 radical (unpaired) electrons. The lowest BCUT2D eigenvalue weighted by molar-refractivity contribution is -0.140. The van der Waals surface area contributed by atoms with E-state index < -0.39 is 0 Å². The van der Waals surface area contributed by atoms with Crippen LogP contribution in [0.4, 0.5) is 0 Å². The van der Waals surface area contributed by atoms with Crippen LogP contribution in [-0.2, 0) is 9.59 Å². The number of amides is 2. The predicted octanol–water partition coefficient (Wildman–Crippen LogP) is 0.403. The summed E-state index contributed by atoms with van der Waals surface area (Å²) in [5.74, 6) is -0.510. The highest BCUT2D eigenvalue weighted by atomic mass is 32.1. The monoisotopic (exact) mass is 267 g/mol. The van der Waals surface area contributed by atoms with Crippen LogP contribution in [0.2, 0.25) is 0 Å². The van der Waals surface area contributed by atoms with Gasteiger partial charge in [-0.05, 0) is 30.9 Å². The zero-order chi connectivity index (χ0) is 13.3. The van der Waals surface area contributed by atoms with E-state index in [1.54, 1.807) is 18.3 Å². The van der Waals surface area contributed by atoms with Gasteiger partial charge in [0.05, 0.1) is 18.6 Å². The second-order valence-electron chi connectivity index (χ2n) is 4.48. The van der Waals surface area contributed by atoms with E-state index in [9.17, 15) is 9.59 Å². The Bertz CT molecular complexity index is 472. The van der Waals surface area contributed by atoms with Crippen molar-refractivity contribution >= 4 is 23.2 Å². The highest BCUT2D eigenvalue weighted by Gasteiger charge is 2.35. The molecule has 2 unspecified atom stereocenters. The van der Waals surface area contributed by atoms with Crippen molar-refractivity contribution in [1.82, 2.24) is 10.2 Å². The smallest absolute Gasteiger partial charge is 0.243 e. The Kier molecular flexibility index (Phi) is 3.79. The van der Waals surface area contributed by atoms with Gasteiger partial charge in [-0.3, -0.25) is 19.8 Å². The molecule has 18 heavy (non-hydrogen) atoms. The number of aryl methyl sites for hydroxylation is 1. The standard InChI is InChI=1S/C12H17N3O2S/c1-7-3-4-18-11(7)9(5-13)15-6-10(16)14-12(17)8(15)2/h3-4,8-9H,5-6,13H2,1-2H3,(H,14,16,17). The second kappa shape index (κ2) is 5.17. The van der Waals surface area contributed by atoms with E-state index in [2.05, 4.69) is 5.32 Å². The van der Waals surface area contributed by atoms with E-state index in [0.29, 0.717) is 6.54 Å². The Morgan fingerprint density at radius 3 is 2.89 bits per heavy atom. The minimum atomic E-state index is -0.335. The van der Waals surface area contributed by atoms with Crippen molar-refractivity contribution in [2.75, 3.05) is 13.1 Å². The lowest BCUT2D eigenvalue weighted by atomic mass is 10.1. The Labute approximate surface area is 110 Å². The molecule has 3 N–H and O–H groups in total. The third kappa shape index (κ3) is 2.31. The van der Waals surface area contributed by atoms with E-state index in [1.807, 2.05) is 23.3 Å². The second-order valence-corrected chi connectivity index (χ2v) is 5.43. The van der Waals surface area contributed by atoms with Crippen LogP contribution in [-0.4, -0.2) is 35.8 Å². The Morgan fingerprint density at radius 2 is 2.33 bits per heavy atom. The van der Waals surface area contributed by atoms with Crippen LogP contribution in [0.15, 0.2) is 11.4 Å². The maximum atomic E-state index is 11.7. The molecule has 5 nitrogen and oxygen atoms in total. The number of rotatable bonds is 3. The number of hydrogen-bond donors (Lipinski definition) is 2. The average Bonchev–Trinajstić information content (AvgIpc) is 2.73. The molecular formula is C12H17N3O2S. The van der Waals surface area contributed by atoms with Crippen molar-refractivity contribution in [3.05, 3.63) is 21.9 Å². The Hall–Kier alpha value is -1.24. The van der Waals surface area contributed by atoms with Crippen LogP contribution in [0, 0.1) is 6.92 Å². The minimum Gasteiger partial charge on any atom is -0.329 e. The summed E-state index contributed by atoms with van der Waals surface area (Å²) >= 11 is 1.62. The third-order valence-corrected chi connectivity index (χ3v) is 4.41. The van der Waals surface area contributed by atoms with Crippen LogP contribution in [0.1, 0.15) is 23.4 Å². The molecule has 1 aromatic rings. The summed E-state index contributed by atoms with van der Waals surface area (Å²) in [6.45, 7) is 4.43. The first-order valence-corrected chi connectivity index (χ1v) is 6.76. The van der Waals surface area contributed by atoms with Gasteiger partial charge in [-0.25, -0.2) is 0 Å². The summed E-state index contributed by atoms with van der Waals surface area (Å²) in [5.41, 5.74) is 6.99. The Morgan fingerprint density at radius 1 is 1.61 bits per heavy atom. The molecule has 1 aromatic heterocycles. The molecule has 0 bridgehead atoms. The minimum absolute atomic E-state index is 0.0741. The zero-order valence-corrected chi connectivity index (χ0v) is 11.3. The summed E-state index contributed by atoms with van der Waals surface area (Å²) in [6.07, 6.45) is 0. The van der Waals surface area contributed by atoms with E-state index in [0.717, 1.165) is 10.4 Å². The lowest BCUT2D eigenvalue weighted by Crippen LogP contribution is -2.58. The zero-order valence-electron chi connectivity index (χ0n) is 10.5. The molecule has 0 aliphatic carbocycles. The SMILES string of the molecule is Cc1ccsc1C(CN)N1CC(=O)NC(=O)C1C. The first-order chi connectivity index (χ1) is 8.54. The molecule has 0 aromatic carbocycles. The quantitative estimate of drug-likeness (QED) is 0.778. The van der Waals surface area contributed by atoms with Crippen LogP contribution in [0.3, 0.4) is 0 Å². The van der Waals surface area contributed by atoms with Crippen molar-refractivity contribution in [3.8, 4) is 0 Å². The third-order valence-electron chi connectivity index (χ3n) is 3.29. The highest BCUT2D eigenvalue weighted by molar-refractivity contribution is 7.10. The molecule has 2 amide bonds. The molecular weight excluding hydrogens is 250 g/mol. The van der Waals surface area contributed by atoms with Gasteiger partial charge in [0.2, 0.25) is 11.8 Å². The van der Waals surface area contributed by atoms with Gasteiger partial charge in [0.25, 0.3) is 0 Å². The molecule has 0 spiro atoms. The van der Waals surface area contributed by atoms with Crippen molar-refractivity contribution in [3.63, 3.8) is 0 Å². The van der Waals surface area contributed by atoms with Crippen molar-refractivity contribution < 1.29 is 9.59 Å². The van der Waals surface area contributed by atoms with Crippen LogP contribution in [0.25, 0.3) is 0 Å². The first-order valence-electron chi connectivity index (χ1n) is 5.88. The van der Waals surface area contributed by atoms with Gasteiger partial charge >= 0.3 is 0 Å². The summed E-state index contributed by atoms with van der Waals surface area (Å²) in [7, 11) is 0. The normalized spacial score (nSPS) is 22.9. The number of piperazine rings is 1. The van der Waals surface area contributed by atoms with Gasteiger partial charge in [0.1, 0.15) is 0 Å². The number of hydrogen-bond acceptors (Lipinski definition) is 5. The first kappa shape index (κ1) is 13.2. The average molecular weight is 267 g/mol. The molecule has 1 aliphatic heterocycles. The fourth-order valence-corrected chi connectivity index (χ4v) is 3.30. The molecule has 2 rings (SSSR count). The topological polar surface area (TPSA) is 75.4 Å². The maximum Gasteiger partial charge on any atom is 0.243 e. The molecule has 0 saturated carbocycles. The van der Waals surface area contributed by atoms with E-state index in [-0.39, 0.29) is 30.4 Å². The van der Waals surface area contributed by atoms with E-state index >= 15 is 0 Å². The van der Waals surface area contributed by atoms with Gasteiger partial charge in [0, 0.05) is 11.4 Å². The summed E-state index contributed by atoms with van der Waals surface area (Å²) < 4.78 is 0. The number of imide groups is 1. The van der Waals surface area contributed by atoms with E-state index in [4.69, 9.17) is 5.73 Å².